The Morgan fingerprint density at radius 2 is 2.12 bits per heavy atom. The van der Waals surface area contributed by atoms with E-state index in [0.29, 0.717) is 0 Å². The van der Waals surface area contributed by atoms with Gasteiger partial charge in [0.25, 0.3) is 0 Å². The Morgan fingerprint density at radius 3 is 3.00 bits per heavy atom. The predicted molar refractivity (Wildman–Crippen MR) is 71.8 cm³/mol. The van der Waals surface area contributed by atoms with E-state index in [2.05, 4.69) is 10.2 Å². The molecule has 0 amide bonds. The van der Waals surface area contributed by atoms with Crippen LogP contribution in [0, 0.1) is 0 Å². The summed E-state index contributed by atoms with van der Waals surface area (Å²) in [6.45, 7) is 5.87. The lowest BCUT2D eigenvalue weighted by atomic mass is 10.3. The molecule has 1 saturated heterocycles. The van der Waals surface area contributed by atoms with Gasteiger partial charge in [0.15, 0.2) is 0 Å². The van der Waals surface area contributed by atoms with Crippen molar-refractivity contribution < 1.29 is 4.74 Å². The number of benzene rings is 1. The van der Waals surface area contributed by atoms with Gasteiger partial charge in [0.2, 0.25) is 0 Å². The van der Waals surface area contributed by atoms with Gasteiger partial charge in [-0.05, 0) is 18.6 Å². The van der Waals surface area contributed by atoms with Crippen LogP contribution in [0.3, 0.4) is 0 Å². The van der Waals surface area contributed by atoms with Crippen molar-refractivity contribution in [2.24, 2.45) is 0 Å². The second-order valence-electron chi connectivity index (χ2n) is 4.21. The first kappa shape index (κ1) is 12.7. The van der Waals surface area contributed by atoms with E-state index >= 15 is 0 Å². The largest absolute Gasteiger partial charge is 0.383 e. The Kier molecular flexibility index (Phi) is 5.10. The van der Waals surface area contributed by atoms with Crippen molar-refractivity contribution in [1.29, 1.82) is 0 Å². The fraction of sp³-hybridized carbons (Fsp3) is 0.538. The predicted octanol–water partition coefficient (Wildman–Crippen LogP) is 2.47. The molecule has 0 radical (unpaired) electrons. The molecule has 0 aromatic heterocycles. The highest BCUT2D eigenvalue weighted by molar-refractivity contribution is 6.33. The first-order valence-corrected chi connectivity index (χ1v) is 6.52. The standard InChI is InChI=1S/C13H19ClN2O/c14-12-4-1-2-5-13(12)15-6-8-16-7-3-10-17-11-9-16/h1-2,4-5,15H,3,6-11H2. The number of hydrogen-bond donors (Lipinski definition) is 1. The summed E-state index contributed by atoms with van der Waals surface area (Å²) >= 11 is 6.08. The van der Waals surface area contributed by atoms with Crippen LogP contribution in [-0.4, -0.2) is 44.3 Å². The van der Waals surface area contributed by atoms with Gasteiger partial charge < -0.3 is 10.1 Å². The molecule has 4 heteroatoms. The highest BCUT2D eigenvalue weighted by Gasteiger charge is 2.08. The number of rotatable bonds is 4. The Bertz CT molecular complexity index is 338. The Labute approximate surface area is 108 Å². The molecular formula is C13H19ClN2O. The molecule has 1 heterocycles. The number of ether oxygens (including phenoxy) is 1. The van der Waals surface area contributed by atoms with E-state index < -0.39 is 0 Å². The molecule has 94 valence electrons. The second kappa shape index (κ2) is 6.84. The molecule has 2 rings (SSSR count). The maximum atomic E-state index is 6.08. The van der Waals surface area contributed by atoms with E-state index in [9.17, 15) is 0 Å². The molecule has 0 spiro atoms. The first-order chi connectivity index (χ1) is 8.36. The quantitative estimate of drug-likeness (QED) is 0.894. The minimum Gasteiger partial charge on any atom is -0.383 e. The van der Waals surface area contributed by atoms with Gasteiger partial charge in [0.05, 0.1) is 17.3 Å². The highest BCUT2D eigenvalue weighted by atomic mass is 35.5. The Hall–Kier alpha value is -0.770. The Balaban J connectivity index is 1.73. The zero-order valence-corrected chi connectivity index (χ0v) is 10.7. The molecule has 1 aliphatic heterocycles. The molecule has 17 heavy (non-hydrogen) atoms. The molecule has 0 aliphatic carbocycles. The minimum atomic E-state index is 0.784. The van der Waals surface area contributed by atoms with Crippen LogP contribution < -0.4 is 5.32 Å². The van der Waals surface area contributed by atoms with E-state index in [-0.39, 0.29) is 0 Å². The molecule has 3 nitrogen and oxygen atoms in total. The highest BCUT2D eigenvalue weighted by Crippen LogP contribution is 2.19. The second-order valence-corrected chi connectivity index (χ2v) is 4.62. The number of nitrogens with zero attached hydrogens (tertiary/aromatic N) is 1. The number of nitrogens with one attached hydrogen (secondary N) is 1. The van der Waals surface area contributed by atoms with E-state index in [1.807, 2.05) is 24.3 Å². The number of hydrogen-bond acceptors (Lipinski definition) is 3. The fourth-order valence-electron chi connectivity index (χ4n) is 1.97. The minimum absolute atomic E-state index is 0.784. The average Bonchev–Trinajstić information content (AvgIpc) is 2.60. The lowest BCUT2D eigenvalue weighted by Gasteiger charge is -2.19. The number of anilines is 1. The van der Waals surface area contributed by atoms with Crippen molar-refractivity contribution >= 4 is 17.3 Å². The summed E-state index contributed by atoms with van der Waals surface area (Å²) in [6, 6.07) is 7.85. The van der Waals surface area contributed by atoms with Gasteiger partial charge in [0, 0.05) is 32.8 Å². The third-order valence-electron chi connectivity index (χ3n) is 2.93. The van der Waals surface area contributed by atoms with Gasteiger partial charge in [-0.25, -0.2) is 0 Å². The summed E-state index contributed by atoms with van der Waals surface area (Å²) in [6.07, 6.45) is 1.13. The summed E-state index contributed by atoms with van der Waals surface area (Å²) in [7, 11) is 0. The molecule has 1 fully saturated rings. The third-order valence-corrected chi connectivity index (χ3v) is 3.26. The summed E-state index contributed by atoms with van der Waals surface area (Å²) in [5.74, 6) is 0. The smallest absolute Gasteiger partial charge is 0.0637 e. The van der Waals surface area contributed by atoms with Crippen LogP contribution in [0.15, 0.2) is 24.3 Å². The molecule has 0 saturated carbocycles. The van der Waals surface area contributed by atoms with Crippen LogP contribution in [-0.2, 0) is 4.74 Å². The van der Waals surface area contributed by atoms with Crippen molar-refractivity contribution in [2.45, 2.75) is 6.42 Å². The summed E-state index contributed by atoms with van der Waals surface area (Å²) in [4.78, 5) is 2.43. The molecule has 1 aromatic rings. The van der Waals surface area contributed by atoms with E-state index in [1.165, 1.54) is 0 Å². The van der Waals surface area contributed by atoms with E-state index in [4.69, 9.17) is 16.3 Å². The van der Waals surface area contributed by atoms with Gasteiger partial charge in [0.1, 0.15) is 0 Å². The average molecular weight is 255 g/mol. The lowest BCUT2D eigenvalue weighted by Crippen LogP contribution is -2.31. The van der Waals surface area contributed by atoms with Crippen molar-refractivity contribution in [3.63, 3.8) is 0 Å². The number of halogens is 1. The molecule has 0 bridgehead atoms. The first-order valence-electron chi connectivity index (χ1n) is 6.15. The lowest BCUT2D eigenvalue weighted by molar-refractivity contribution is 0.142. The van der Waals surface area contributed by atoms with Crippen molar-refractivity contribution in [3.05, 3.63) is 29.3 Å². The maximum Gasteiger partial charge on any atom is 0.0637 e. The van der Waals surface area contributed by atoms with Crippen LogP contribution in [0.5, 0.6) is 0 Å². The normalized spacial score (nSPS) is 17.7. The summed E-state index contributed by atoms with van der Waals surface area (Å²) < 4.78 is 5.43. The summed E-state index contributed by atoms with van der Waals surface area (Å²) in [5, 5.41) is 4.15. The molecule has 0 unspecified atom stereocenters. The van der Waals surface area contributed by atoms with E-state index in [1.54, 1.807) is 0 Å². The Morgan fingerprint density at radius 1 is 1.24 bits per heavy atom. The summed E-state index contributed by atoms with van der Waals surface area (Å²) in [5.41, 5.74) is 1.01. The van der Waals surface area contributed by atoms with Crippen LogP contribution in [0.4, 0.5) is 5.69 Å². The molecule has 0 atom stereocenters. The molecule has 1 aromatic carbocycles. The van der Waals surface area contributed by atoms with Gasteiger partial charge in [-0.3, -0.25) is 4.90 Å². The van der Waals surface area contributed by atoms with Gasteiger partial charge in [-0.1, -0.05) is 23.7 Å². The van der Waals surface area contributed by atoms with E-state index in [0.717, 1.165) is 56.5 Å². The molecular weight excluding hydrogens is 236 g/mol. The van der Waals surface area contributed by atoms with Crippen LogP contribution in [0.2, 0.25) is 5.02 Å². The van der Waals surface area contributed by atoms with Crippen LogP contribution in [0.25, 0.3) is 0 Å². The van der Waals surface area contributed by atoms with Crippen molar-refractivity contribution in [1.82, 2.24) is 4.90 Å². The SMILES string of the molecule is Clc1ccccc1NCCN1CCCOCC1. The van der Waals surface area contributed by atoms with Crippen LogP contribution in [0.1, 0.15) is 6.42 Å². The zero-order chi connectivity index (χ0) is 11.9. The molecule has 1 N–H and O–H groups in total. The van der Waals surface area contributed by atoms with Crippen molar-refractivity contribution in [2.75, 3.05) is 44.7 Å². The zero-order valence-electron chi connectivity index (χ0n) is 9.99. The van der Waals surface area contributed by atoms with Gasteiger partial charge in [-0.15, -0.1) is 0 Å². The fourth-order valence-corrected chi connectivity index (χ4v) is 2.18. The monoisotopic (exact) mass is 254 g/mol. The van der Waals surface area contributed by atoms with Gasteiger partial charge in [-0.2, -0.15) is 0 Å². The van der Waals surface area contributed by atoms with Crippen LogP contribution >= 0.6 is 11.6 Å². The topological polar surface area (TPSA) is 24.5 Å². The number of para-hydroxylation sites is 1. The van der Waals surface area contributed by atoms with Gasteiger partial charge >= 0.3 is 0 Å². The maximum absolute atomic E-state index is 6.08. The van der Waals surface area contributed by atoms with Crippen molar-refractivity contribution in [3.8, 4) is 0 Å². The molecule has 1 aliphatic rings. The third kappa shape index (κ3) is 4.19.